The zero-order chi connectivity index (χ0) is 17.8. The number of amides is 2. The van der Waals surface area contributed by atoms with Gasteiger partial charge in [0.1, 0.15) is 6.04 Å². The normalized spacial score (nSPS) is 28.4. The molecule has 5 rings (SSSR count). The van der Waals surface area contributed by atoms with Crippen molar-refractivity contribution in [1.82, 2.24) is 14.8 Å². The van der Waals surface area contributed by atoms with Crippen LogP contribution in [0, 0.1) is 5.92 Å². The molecule has 0 spiro atoms. The standard InChI is InChI=1S/C21H23N3O2/c1-23-12-18(25)24-17(21(23)26)11-15-14-9-5-6-10-16(14)22-19(15)20(24)13-7-3-2-4-8-13/h2-3,5-6,9-10,13,17,20,22H,4,7-8,11-12H2,1H3. The molecule has 1 aromatic heterocycles. The number of allylic oxidation sites excluding steroid dienone is 2. The smallest absolute Gasteiger partial charge is 0.245 e. The number of aromatic nitrogens is 1. The highest BCUT2D eigenvalue weighted by Crippen LogP contribution is 2.45. The minimum absolute atomic E-state index is 0.0359. The third-order valence-corrected chi connectivity index (χ3v) is 6.25. The van der Waals surface area contributed by atoms with Crippen molar-refractivity contribution in [2.24, 2.45) is 5.92 Å². The zero-order valence-electron chi connectivity index (χ0n) is 14.9. The van der Waals surface area contributed by atoms with E-state index in [9.17, 15) is 9.59 Å². The predicted molar refractivity (Wildman–Crippen MR) is 99.5 cm³/mol. The molecule has 5 heteroatoms. The van der Waals surface area contributed by atoms with Crippen LogP contribution in [-0.4, -0.2) is 46.2 Å². The van der Waals surface area contributed by atoms with E-state index in [-0.39, 0.29) is 30.4 Å². The molecule has 1 N–H and O–H groups in total. The van der Waals surface area contributed by atoms with Crippen LogP contribution in [0.5, 0.6) is 0 Å². The lowest BCUT2D eigenvalue weighted by Gasteiger charge is -2.48. The molecule has 2 aromatic rings. The zero-order valence-corrected chi connectivity index (χ0v) is 14.9. The number of carbonyl (C=O) groups excluding carboxylic acids is 2. The molecule has 0 saturated carbocycles. The number of likely N-dealkylation sites (N-methyl/N-ethyl adjacent to an activating group) is 1. The van der Waals surface area contributed by atoms with Gasteiger partial charge >= 0.3 is 0 Å². The van der Waals surface area contributed by atoms with Crippen molar-refractivity contribution >= 4 is 22.7 Å². The van der Waals surface area contributed by atoms with Crippen LogP contribution in [0.15, 0.2) is 36.4 Å². The Labute approximate surface area is 152 Å². The Morgan fingerprint density at radius 1 is 1.15 bits per heavy atom. The van der Waals surface area contributed by atoms with Crippen LogP contribution < -0.4 is 0 Å². The fourth-order valence-electron chi connectivity index (χ4n) is 5.04. The summed E-state index contributed by atoms with van der Waals surface area (Å²) in [5.74, 6) is 0.493. The average molecular weight is 349 g/mol. The van der Waals surface area contributed by atoms with Gasteiger partial charge in [-0.3, -0.25) is 9.59 Å². The second-order valence-corrected chi connectivity index (χ2v) is 7.77. The summed E-state index contributed by atoms with van der Waals surface area (Å²) in [5, 5.41) is 1.19. The number of rotatable bonds is 1. The molecule has 3 aliphatic rings. The molecular weight excluding hydrogens is 326 g/mol. The number of hydrogen-bond donors (Lipinski definition) is 1. The Bertz CT molecular complexity index is 928. The van der Waals surface area contributed by atoms with Gasteiger partial charge in [-0.15, -0.1) is 0 Å². The Hall–Kier alpha value is -2.56. The van der Waals surface area contributed by atoms with Crippen LogP contribution in [0.25, 0.3) is 10.9 Å². The second kappa shape index (κ2) is 5.73. The van der Waals surface area contributed by atoms with Gasteiger partial charge in [0.05, 0.1) is 12.6 Å². The highest BCUT2D eigenvalue weighted by Gasteiger charge is 2.48. The van der Waals surface area contributed by atoms with Crippen LogP contribution >= 0.6 is 0 Å². The molecular formula is C21H23N3O2. The molecule has 3 heterocycles. The Morgan fingerprint density at radius 2 is 2.00 bits per heavy atom. The molecule has 0 radical (unpaired) electrons. The number of benzene rings is 1. The van der Waals surface area contributed by atoms with E-state index in [1.165, 1.54) is 10.9 Å². The van der Waals surface area contributed by atoms with E-state index < -0.39 is 0 Å². The summed E-state index contributed by atoms with van der Waals surface area (Å²) >= 11 is 0. The fraction of sp³-hybridized carbons (Fsp3) is 0.429. The third kappa shape index (κ3) is 2.16. The van der Waals surface area contributed by atoms with Gasteiger partial charge in [-0.05, 0) is 36.8 Å². The topological polar surface area (TPSA) is 56.4 Å². The Balaban J connectivity index is 1.70. The van der Waals surface area contributed by atoms with Crippen molar-refractivity contribution in [2.45, 2.75) is 37.8 Å². The van der Waals surface area contributed by atoms with Crippen molar-refractivity contribution in [1.29, 1.82) is 0 Å². The summed E-state index contributed by atoms with van der Waals surface area (Å²) in [6, 6.07) is 7.87. The van der Waals surface area contributed by atoms with Crippen LogP contribution in [-0.2, 0) is 16.0 Å². The Kier molecular flexibility index (Phi) is 3.45. The largest absolute Gasteiger partial charge is 0.356 e. The second-order valence-electron chi connectivity index (χ2n) is 7.77. The van der Waals surface area contributed by atoms with Gasteiger partial charge in [0.2, 0.25) is 11.8 Å². The van der Waals surface area contributed by atoms with Gasteiger partial charge < -0.3 is 14.8 Å². The van der Waals surface area contributed by atoms with Gasteiger partial charge in [-0.1, -0.05) is 30.4 Å². The number of piperazine rings is 1. The number of carbonyl (C=O) groups is 2. The molecule has 2 aliphatic heterocycles. The first-order chi connectivity index (χ1) is 12.6. The molecule has 1 saturated heterocycles. The highest BCUT2D eigenvalue weighted by atomic mass is 16.2. The molecule has 2 amide bonds. The van der Waals surface area contributed by atoms with Crippen LogP contribution in [0.2, 0.25) is 0 Å². The van der Waals surface area contributed by atoms with Crippen molar-refractivity contribution in [3.8, 4) is 0 Å². The lowest BCUT2D eigenvalue weighted by Crippen LogP contribution is -2.62. The molecule has 134 valence electrons. The van der Waals surface area contributed by atoms with Crippen molar-refractivity contribution in [3.63, 3.8) is 0 Å². The number of hydrogen-bond acceptors (Lipinski definition) is 2. The van der Waals surface area contributed by atoms with Gasteiger partial charge in [0, 0.05) is 30.1 Å². The summed E-state index contributed by atoms with van der Waals surface area (Å²) in [7, 11) is 1.74. The minimum Gasteiger partial charge on any atom is -0.356 e. The predicted octanol–water partition coefficient (Wildman–Crippen LogP) is 2.79. The summed E-state index contributed by atoms with van der Waals surface area (Å²) in [6.07, 6.45) is 8.10. The van der Waals surface area contributed by atoms with Crippen LogP contribution in [0.1, 0.15) is 36.6 Å². The molecule has 26 heavy (non-hydrogen) atoms. The van der Waals surface area contributed by atoms with Gasteiger partial charge in [-0.25, -0.2) is 0 Å². The first-order valence-electron chi connectivity index (χ1n) is 9.46. The summed E-state index contributed by atoms with van der Waals surface area (Å²) in [4.78, 5) is 33.0. The summed E-state index contributed by atoms with van der Waals surface area (Å²) in [5.41, 5.74) is 3.47. The number of H-pyrrole nitrogens is 1. The number of nitrogens with zero attached hydrogens (tertiary/aromatic N) is 2. The monoisotopic (exact) mass is 349 g/mol. The maximum Gasteiger partial charge on any atom is 0.245 e. The number of para-hydroxylation sites is 1. The van der Waals surface area contributed by atoms with Gasteiger partial charge in [0.25, 0.3) is 0 Å². The summed E-state index contributed by atoms with van der Waals surface area (Å²) < 4.78 is 0. The van der Waals surface area contributed by atoms with E-state index in [0.29, 0.717) is 12.3 Å². The number of fused-ring (bicyclic) bond motifs is 4. The lowest BCUT2D eigenvalue weighted by molar-refractivity contribution is -0.160. The van der Waals surface area contributed by atoms with E-state index in [0.717, 1.165) is 30.5 Å². The molecule has 5 nitrogen and oxygen atoms in total. The molecule has 1 aromatic carbocycles. The first kappa shape index (κ1) is 15.7. The molecule has 1 fully saturated rings. The minimum atomic E-state index is -0.371. The molecule has 3 unspecified atom stereocenters. The SMILES string of the molecule is CN1CC(=O)N2C(Cc3c([nH]c4ccccc34)C2C2CC=CCC2)C1=O. The van der Waals surface area contributed by atoms with Crippen LogP contribution in [0.3, 0.4) is 0 Å². The quantitative estimate of drug-likeness (QED) is 0.805. The fourth-order valence-corrected chi connectivity index (χ4v) is 5.04. The summed E-state index contributed by atoms with van der Waals surface area (Å²) in [6.45, 7) is 0.184. The van der Waals surface area contributed by atoms with Gasteiger partial charge in [0.15, 0.2) is 0 Å². The maximum atomic E-state index is 13.0. The number of nitrogens with one attached hydrogen (secondary N) is 1. The van der Waals surface area contributed by atoms with E-state index >= 15 is 0 Å². The van der Waals surface area contributed by atoms with E-state index in [1.807, 2.05) is 17.0 Å². The molecule has 3 atom stereocenters. The van der Waals surface area contributed by atoms with E-state index in [4.69, 9.17) is 0 Å². The average Bonchev–Trinajstić information content (AvgIpc) is 3.03. The van der Waals surface area contributed by atoms with E-state index in [1.54, 1.807) is 11.9 Å². The molecule has 1 aliphatic carbocycles. The molecule has 0 bridgehead atoms. The number of aromatic amines is 1. The maximum absolute atomic E-state index is 13.0. The third-order valence-electron chi connectivity index (χ3n) is 6.25. The van der Waals surface area contributed by atoms with Gasteiger partial charge in [-0.2, -0.15) is 0 Å². The Morgan fingerprint density at radius 3 is 2.81 bits per heavy atom. The van der Waals surface area contributed by atoms with Crippen molar-refractivity contribution in [2.75, 3.05) is 13.6 Å². The lowest BCUT2D eigenvalue weighted by atomic mass is 9.79. The highest BCUT2D eigenvalue weighted by molar-refractivity contribution is 5.97. The van der Waals surface area contributed by atoms with Crippen molar-refractivity contribution < 1.29 is 9.59 Å². The first-order valence-corrected chi connectivity index (χ1v) is 9.46. The van der Waals surface area contributed by atoms with E-state index in [2.05, 4.69) is 29.3 Å². The van der Waals surface area contributed by atoms with Crippen molar-refractivity contribution in [3.05, 3.63) is 47.7 Å². The van der Waals surface area contributed by atoms with Crippen LogP contribution in [0.4, 0.5) is 0 Å².